The highest BCUT2D eigenvalue weighted by atomic mass is 16.5. The summed E-state index contributed by atoms with van der Waals surface area (Å²) in [6.07, 6.45) is 1.99. The van der Waals surface area contributed by atoms with Crippen LogP contribution >= 0.6 is 0 Å². The van der Waals surface area contributed by atoms with E-state index in [9.17, 15) is 0 Å². The average molecular weight is 349 g/mol. The van der Waals surface area contributed by atoms with Crippen molar-refractivity contribution in [3.05, 3.63) is 77.6 Å². The minimum absolute atomic E-state index is 0.361. The Hall–Kier alpha value is -3.12. The van der Waals surface area contributed by atoms with Gasteiger partial charge in [0.15, 0.2) is 5.96 Å². The molecule has 6 nitrogen and oxygen atoms in total. The summed E-state index contributed by atoms with van der Waals surface area (Å²) in [6.45, 7) is 2.95. The minimum Gasteiger partial charge on any atom is -0.380 e. The lowest BCUT2D eigenvalue weighted by molar-refractivity contribution is 0.185. The van der Waals surface area contributed by atoms with E-state index in [0.29, 0.717) is 19.1 Å². The molecule has 0 unspecified atom stereocenters. The van der Waals surface area contributed by atoms with Crippen LogP contribution in [0.5, 0.6) is 0 Å². The van der Waals surface area contributed by atoms with Crippen LogP contribution in [0, 0.1) is 6.92 Å². The van der Waals surface area contributed by atoms with Gasteiger partial charge in [-0.1, -0.05) is 36.4 Å². The zero-order valence-electron chi connectivity index (χ0n) is 15.0. The number of nitrogens with zero attached hydrogens (tertiary/aromatic N) is 3. The summed E-state index contributed by atoms with van der Waals surface area (Å²) in [6, 6.07) is 17.9. The molecule has 0 aliphatic heterocycles. The Kier molecular flexibility index (Phi) is 5.66. The number of benzene rings is 2. The molecule has 1 heterocycles. The fourth-order valence-corrected chi connectivity index (χ4v) is 2.64. The van der Waals surface area contributed by atoms with Gasteiger partial charge in [-0.2, -0.15) is 5.10 Å². The number of methoxy groups -OCH3 is 1. The fraction of sp³-hybridized carbons (Fsp3) is 0.200. The number of rotatable bonds is 6. The van der Waals surface area contributed by atoms with Crippen molar-refractivity contribution in [2.75, 3.05) is 12.4 Å². The Morgan fingerprint density at radius 1 is 1.12 bits per heavy atom. The van der Waals surface area contributed by atoms with Gasteiger partial charge in [0, 0.05) is 30.1 Å². The second kappa shape index (κ2) is 8.31. The lowest BCUT2D eigenvalue weighted by atomic mass is 10.2. The summed E-state index contributed by atoms with van der Waals surface area (Å²) in [5.74, 6) is 0.361. The van der Waals surface area contributed by atoms with Crippen molar-refractivity contribution in [2.24, 2.45) is 10.7 Å². The molecule has 0 radical (unpaired) electrons. The standard InChI is InChI=1S/C20H23N5O/c1-15-17(13-25(24-15)18-9-4-3-5-10-18)12-22-20(21)23-19-11-7-6-8-16(19)14-26-2/h3-11,13H,12,14H2,1-2H3,(H3,21,22,23). The summed E-state index contributed by atoms with van der Waals surface area (Å²) < 4.78 is 7.07. The van der Waals surface area contributed by atoms with Gasteiger partial charge in [-0.25, -0.2) is 9.67 Å². The molecular formula is C20H23N5O. The Morgan fingerprint density at radius 3 is 2.62 bits per heavy atom. The zero-order valence-corrected chi connectivity index (χ0v) is 15.0. The van der Waals surface area contributed by atoms with Crippen LogP contribution in [0.4, 0.5) is 5.69 Å². The molecule has 0 saturated heterocycles. The molecule has 2 aromatic carbocycles. The van der Waals surface area contributed by atoms with Gasteiger partial charge in [-0.15, -0.1) is 0 Å². The number of hydrogen-bond acceptors (Lipinski definition) is 3. The van der Waals surface area contributed by atoms with Crippen LogP contribution in [0.1, 0.15) is 16.8 Å². The molecule has 1 aromatic heterocycles. The van der Waals surface area contributed by atoms with Gasteiger partial charge >= 0.3 is 0 Å². The van der Waals surface area contributed by atoms with Crippen molar-refractivity contribution in [3.63, 3.8) is 0 Å². The lowest BCUT2D eigenvalue weighted by Gasteiger charge is -2.10. The lowest BCUT2D eigenvalue weighted by Crippen LogP contribution is -2.23. The molecule has 3 N–H and O–H groups in total. The van der Waals surface area contributed by atoms with Gasteiger partial charge in [0.1, 0.15) is 0 Å². The number of nitrogens with one attached hydrogen (secondary N) is 1. The topological polar surface area (TPSA) is 77.5 Å². The maximum absolute atomic E-state index is 6.06. The van der Waals surface area contributed by atoms with E-state index in [1.165, 1.54) is 0 Å². The van der Waals surface area contributed by atoms with E-state index in [1.54, 1.807) is 7.11 Å². The third-order valence-corrected chi connectivity index (χ3v) is 4.02. The van der Waals surface area contributed by atoms with Gasteiger partial charge < -0.3 is 15.8 Å². The number of para-hydroxylation sites is 2. The van der Waals surface area contributed by atoms with Gasteiger partial charge in [0.25, 0.3) is 0 Å². The highest BCUT2D eigenvalue weighted by Gasteiger charge is 2.07. The van der Waals surface area contributed by atoms with E-state index < -0.39 is 0 Å². The van der Waals surface area contributed by atoms with Gasteiger partial charge in [0.2, 0.25) is 0 Å². The predicted octanol–water partition coefficient (Wildman–Crippen LogP) is 3.25. The molecule has 3 aromatic rings. The molecule has 0 fully saturated rings. The van der Waals surface area contributed by atoms with Crippen molar-refractivity contribution in [3.8, 4) is 5.69 Å². The smallest absolute Gasteiger partial charge is 0.193 e. The Bertz CT molecular complexity index is 886. The van der Waals surface area contributed by atoms with Crippen molar-refractivity contribution in [1.29, 1.82) is 0 Å². The zero-order chi connectivity index (χ0) is 18.4. The minimum atomic E-state index is 0.361. The number of ether oxygens (including phenoxy) is 1. The molecule has 0 amide bonds. The largest absolute Gasteiger partial charge is 0.380 e. The molecule has 0 bridgehead atoms. The summed E-state index contributed by atoms with van der Waals surface area (Å²) in [7, 11) is 1.67. The SMILES string of the molecule is COCc1ccccc1NC(N)=NCc1cn(-c2ccccc2)nc1C. The Labute approximate surface area is 153 Å². The van der Waals surface area contributed by atoms with E-state index >= 15 is 0 Å². The van der Waals surface area contributed by atoms with Crippen molar-refractivity contribution < 1.29 is 4.74 Å². The number of hydrogen-bond donors (Lipinski definition) is 2. The summed E-state index contributed by atoms with van der Waals surface area (Å²) >= 11 is 0. The van der Waals surface area contributed by atoms with Gasteiger partial charge in [-0.05, 0) is 25.1 Å². The summed E-state index contributed by atoms with van der Waals surface area (Å²) in [4.78, 5) is 4.45. The Morgan fingerprint density at radius 2 is 1.85 bits per heavy atom. The van der Waals surface area contributed by atoms with Crippen LogP contribution < -0.4 is 11.1 Å². The van der Waals surface area contributed by atoms with Gasteiger partial charge in [0.05, 0.1) is 24.5 Å². The highest BCUT2D eigenvalue weighted by molar-refractivity contribution is 5.92. The van der Waals surface area contributed by atoms with E-state index in [0.717, 1.165) is 28.2 Å². The first-order chi connectivity index (χ1) is 12.7. The number of anilines is 1. The molecule has 3 rings (SSSR count). The van der Waals surface area contributed by atoms with E-state index in [-0.39, 0.29) is 0 Å². The first kappa shape index (κ1) is 17.7. The molecular weight excluding hydrogens is 326 g/mol. The molecule has 0 spiro atoms. The second-order valence-electron chi connectivity index (χ2n) is 5.94. The number of aliphatic imine (C=N–C) groups is 1. The van der Waals surface area contributed by atoms with Crippen LogP contribution in [0.15, 0.2) is 65.8 Å². The van der Waals surface area contributed by atoms with Crippen molar-refractivity contribution in [2.45, 2.75) is 20.1 Å². The van der Waals surface area contributed by atoms with E-state index in [1.807, 2.05) is 72.4 Å². The first-order valence-corrected chi connectivity index (χ1v) is 8.41. The number of aromatic nitrogens is 2. The number of nitrogens with two attached hydrogens (primary N) is 1. The third-order valence-electron chi connectivity index (χ3n) is 4.02. The Balaban J connectivity index is 1.71. The quantitative estimate of drug-likeness (QED) is 0.529. The maximum Gasteiger partial charge on any atom is 0.193 e. The van der Waals surface area contributed by atoms with Crippen molar-refractivity contribution >= 4 is 11.6 Å². The molecule has 0 aliphatic carbocycles. The van der Waals surface area contributed by atoms with Gasteiger partial charge in [-0.3, -0.25) is 0 Å². The molecule has 26 heavy (non-hydrogen) atoms. The number of guanidine groups is 1. The fourth-order valence-electron chi connectivity index (χ4n) is 2.64. The normalized spacial score (nSPS) is 11.5. The van der Waals surface area contributed by atoms with Crippen LogP contribution in [-0.4, -0.2) is 22.8 Å². The van der Waals surface area contributed by atoms with E-state index in [4.69, 9.17) is 10.5 Å². The molecule has 0 aliphatic rings. The maximum atomic E-state index is 6.06. The third kappa shape index (κ3) is 4.29. The summed E-state index contributed by atoms with van der Waals surface area (Å²) in [5, 5.41) is 7.69. The van der Waals surface area contributed by atoms with Crippen LogP contribution in [0.25, 0.3) is 5.69 Å². The monoisotopic (exact) mass is 349 g/mol. The second-order valence-corrected chi connectivity index (χ2v) is 5.94. The van der Waals surface area contributed by atoms with Crippen LogP contribution in [-0.2, 0) is 17.9 Å². The number of aryl methyl sites for hydroxylation is 1. The first-order valence-electron chi connectivity index (χ1n) is 8.41. The molecule has 0 atom stereocenters. The molecule has 0 saturated carbocycles. The highest BCUT2D eigenvalue weighted by Crippen LogP contribution is 2.16. The molecule has 134 valence electrons. The molecule has 6 heteroatoms. The summed E-state index contributed by atoms with van der Waals surface area (Å²) in [5.41, 5.74) is 11.0. The predicted molar refractivity (Wildman–Crippen MR) is 104 cm³/mol. The van der Waals surface area contributed by atoms with Crippen LogP contribution in [0.2, 0.25) is 0 Å². The average Bonchev–Trinajstić information content (AvgIpc) is 3.03. The van der Waals surface area contributed by atoms with Crippen molar-refractivity contribution in [1.82, 2.24) is 9.78 Å². The van der Waals surface area contributed by atoms with E-state index in [2.05, 4.69) is 15.4 Å². The van der Waals surface area contributed by atoms with Crippen LogP contribution in [0.3, 0.4) is 0 Å².